The number of carbonyl (C=O) groups is 2. The number of para-hydroxylation sites is 1. The van der Waals surface area contributed by atoms with Gasteiger partial charge >= 0.3 is 0 Å². The minimum Gasteiger partial charge on any atom is -0.507 e. The van der Waals surface area contributed by atoms with Gasteiger partial charge in [-0.2, -0.15) is 0 Å². The second-order valence-corrected chi connectivity index (χ2v) is 8.50. The molecule has 1 fully saturated rings. The Labute approximate surface area is 200 Å². The van der Waals surface area contributed by atoms with E-state index in [0.717, 1.165) is 10.9 Å². The third-order valence-corrected chi connectivity index (χ3v) is 6.32. The molecule has 1 saturated heterocycles. The number of aliphatic hydroxyl groups is 1. The average Bonchev–Trinajstić information content (AvgIpc) is 3.53. The van der Waals surface area contributed by atoms with Crippen LogP contribution in [0.1, 0.15) is 22.9 Å². The van der Waals surface area contributed by atoms with Crippen LogP contribution in [-0.2, 0) is 23.2 Å². The molecule has 7 nitrogen and oxygen atoms in total. The van der Waals surface area contributed by atoms with Gasteiger partial charge < -0.3 is 23.7 Å². The van der Waals surface area contributed by atoms with Gasteiger partial charge in [0.2, 0.25) is 0 Å². The molecule has 0 bridgehead atoms. The Balaban J connectivity index is 1.77. The summed E-state index contributed by atoms with van der Waals surface area (Å²) < 4.78 is 12.8. The summed E-state index contributed by atoms with van der Waals surface area (Å²) in [7, 11) is 3.35. The van der Waals surface area contributed by atoms with Crippen molar-refractivity contribution in [2.45, 2.75) is 12.6 Å². The second kappa shape index (κ2) is 8.43. The fourth-order valence-corrected chi connectivity index (χ4v) is 4.71. The highest BCUT2D eigenvalue weighted by molar-refractivity contribution is 6.46. The fraction of sp³-hybridized carbons (Fsp3) is 0.154. The number of likely N-dealkylation sites (tertiary alicyclic amines) is 1. The maximum atomic E-state index is 13.3. The highest BCUT2D eigenvalue weighted by atomic mass is 35.5. The van der Waals surface area contributed by atoms with Gasteiger partial charge in [-0.3, -0.25) is 9.59 Å². The third-order valence-electron chi connectivity index (χ3n) is 6.09. The van der Waals surface area contributed by atoms with Crippen molar-refractivity contribution in [2.24, 2.45) is 7.05 Å². The van der Waals surface area contributed by atoms with Crippen LogP contribution in [0.3, 0.4) is 0 Å². The number of hydrogen-bond donors (Lipinski definition) is 1. The van der Waals surface area contributed by atoms with Crippen LogP contribution < -0.4 is 4.74 Å². The lowest BCUT2D eigenvalue weighted by molar-refractivity contribution is -0.140. The third kappa shape index (κ3) is 3.45. The monoisotopic (exact) mass is 476 g/mol. The normalized spacial score (nSPS) is 17.6. The number of fused-ring (bicyclic) bond motifs is 1. The summed E-state index contributed by atoms with van der Waals surface area (Å²) in [5.41, 5.74) is 1.84. The molecule has 0 aliphatic carbocycles. The average molecular weight is 477 g/mol. The molecule has 1 N–H and O–H groups in total. The van der Waals surface area contributed by atoms with Crippen molar-refractivity contribution in [3.05, 3.63) is 94.5 Å². The lowest BCUT2D eigenvalue weighted by Gasteiger charge is -2.24. The summed E-state index contributed by atoms with van der Waals surface area (Å²) in [5.74, 6) is -1.01. The first-order valence-corrected chi connectivity index (χ1v) is 11.0. The van der Waals surface area contributed by atoms with Crippen molar-refractivity contribution < 1.29 is 23.8 Å². The Kier molecular flexibility index (Phi) is 5.42. The van der Waals surface area contributed by atoms with E-state index >= 15 is 0 Å². The number of ether oxygens (including phenoxy) is 1. The molecule has 0 saturated carbocycles. The van der Waals surface area contributed by atoms with Gasteiger partial charge in [0.1, 0.15) is 17.3 Å². The lowest BCUT2D eigenvalue weighted by Crippen LogP contribution is -2.29. The highest BCUT2D eigenvalue weighted by Gasteiger charge is 2.47. The first-order valence-electron chi connectivity index (χ1n) is 10.6. The summed E-state index contributed by atoms with van der Waals surface area (Å²) in [6.07, 6.45) is 3.38. The molecule has 0 radical (unpaired) electrons. The van der Waals surface area contributed by atoms with E-state index in [4.69, 9.17) is 20.8 Å². The minimum atomic E-state index is -0.847. The number of furan rings is 1. The zero-order valence-corrected chi connectivity index (χ0v) is 19.2. The first kappa shape index (κ1) is 21.9. The van der Waals surface area contributed by atoms with E-state index in [1.165, 1.54) is 24.3 Å². The number of hydrogen-bond acceptors (Lipinski definition) is 5. The fourth-order valence-electron chi connectivity index (χ4n) is 4.54. The molecule has 34 heavy (non-hydrogen) atoms. The van der Waals surface area contributed by atoms with Crippen LogP contribution in [0.25, 0.3) is 16.7 Å². The quantitative estimate of drug-likeness (QED) is 0.247. The molecule has 1 aliphatic heterocycles. The molecule has 1 atom stereocenters. The molecule has 3 heterocycles. The van der Waals surface area contributed by atoms with Gasteiger partial charge in [-0.1, -0.05) is 29.8 Å². The standard InChI is InChI=1S/C26H21ClN2O5/c1-28-14-19(17-7-3-4-8-20(17)28)23-22(24(30)18-12-15(27)9-10-21(18)33-2)25(31)26(32)29(23)13-16-6-5-11-34-16/h3-12,14,23,30H,13H2,1-2H3/b24-22+. The van der Waals surface area contributed by atoms with E-state index < -0.39 is 17.7 Å². The van der Waals surface area contributed by atoms with Crippen LogP contribution in [0.2, 0.25) is 5.02 Å². The van der Waals surface area contributed by atoms with Gasteiger partial charge in [-0.25, -0.2) is 0 Å². The van der Waals surface area contributed by atoms with Crippen molar-refractivity contribution in [3.63, 3.8) is 0 Å². The van der Waals surface area contributed by atoms with Crippen LogP contribution in [0, 0.1) is 0 Å². The molecule has 4 aromatic rings. The molecule has 1 aliphatic rings. The highest BCUT2D eigenvalue weighted by Crippen LogP contribution is 2.44. The SMILES string of the molecule is COc1ccc(Cl)cc1/C(O)=C1\C(=O)C(=O)N(Cc2ccco2)C1c1cn(C)c2ccccc12. The molecule has 2 aromatic carbocycles. The van der Waals surface area contributed by atoms with E-state index in [1.54, 1.807) is 24.3 Å². The Bertz CT molecular complexity index is 1450. The molecule has 8 heteroatoms. The number of aromatic nitrogens is 1. The summed E-state index contributed by atoms with van der Waals surface area (Å²) >= 11 is 6.18. The van der Waals surface area contributed by atoms with Crippen LogP contribution >= 0.6 is 11.6 Å². The first-order chi connectivity index (χ1) is 16.4. The summed E-state index contributed by atoms with van der Waals surface area (Å²) in [5, 5.41) is 12.6. The van der Waals surface area contributed by atoms with Crippen molar-refractivity contribution in [3.8, 4) is 5.75 Å². The number of ketones is 1. The zero-order valence-electron chi connectivity index (χ0n) is 18.5. The Hall–Kier alpha value is -3.97. The number of amides is 1. The van der Waals surface area contributed by atoms with Crippen LogP contribution in [0.15, 0.2) is 77.0 Å². The van der Waals surface area contributed by atoms with E-state index in [0.29, 0.717) is 22.1 Å². The number of Topliss-reactive ketones (excluding diaryl/α,β-unsaturated/α-hetero) is 1. The number of methoxy groups -OCH3 is 1. The second-order valence-electron chi connectivity index (χ2n) is 8.06. The minimum absolute atomic E-state index is 0.0338. The van der Waals surface area contributed by atoms with E-state index in [1.807, 2.05) is 42.1 Å². The number of carbonyl (C=O) groups excluding carboxylic acids is 2. The number of halogens is 1. The predicted molar refractivity (Wildman–Crippen MR) is 127 cm³/mol. The maximum absolute atomic E-state index is 13.3. The van der Waals surface area contributed by atoms with Crippen molar-refractivity contribution >= 4 is 40.0 Å². The zero-order chi connectivity index (χ0) is 24.0. The largest absolute Gasteiger partial charge is 0.507 e. The van der Waals surface area contributed by atoms with E-state index in [-0.39, 0.29) is 23.4 Å². The van der Waals surface area contributed by atoms with Gasteiger partial charge in [-0.05, 0) is 36.4 Å². The predicted octanol–water partition coefficient (Wildman–Crippen LogP) is 5.06. The van der Waals surface area contributed by atoms with Gasteiger partial charge in [0.25, 0.3) is 11.7 Å². The van der Waals surface area contributed by atoms with Gasteiger partial charge in [0.15, 0.2) is 0 Å². The number of aryl methyl sites for hydroxylation is 1. The molecule has 172 valence electrons. The lowest BCUT2D eigenvalue weighted by atomic mass is 9.94. The van der Waals surface area contributed by atoms with Crippen molar-refractivity contribution in [1.29, 1.82) is 0 Å². The molecule has 1 unspecified atom stereocenters. The summed E-state index contributed by atoms with van der Waals surface area (Å²) in [6.45, 7) is 0.0644. The van der Waals surface area contributed by atoms with Crippen molar-refractivity contribution in [2.75, 3.05) is 7.11 Å². The number of benzene rings is 2. The summed E-state index contributed by atoms with van der Waals surface area (Å²) in [6, 6.07) is 15.0. The van der Waals surface area contributed by atoms with Gasteiger partial charge in [0.05, 0.1) is 37.1 Å². The van der Waals surface area contributed by atoms with Crippen molar-refractivity contribution in [1.82, 2.24) is 9.47 Å². The Morgan fingerprint density at radius 2 is 1.94 bits per heavy atom. The van der Waals surface area contributed by atoms with E-state index in [9.17, 15) is 14.7 Å². The van der Waals surface area contributed by atoms with Crippen LogP contribution in [0.5, 0.6) is 5.75 Å². The Morgan fingerprint density at radius 1 is 1.15 bits per heavy atom. The molecule has 5 rings (SSSR count). The van der Waals surface area contributed by atoms with Crippen LogP contribution in [0.4, 0.5) is 0 Å². The molecule has 0 spiro atoms. The molecule has 2 aromatic heterocycles. The smallest absolute Gasteiger partial charge is 0.296 e. The number of nitrogens with zero attached hydrogens (tertiary/aromatic N) is 2. The van der Waals surface area contributed by atoms with Gasteiger partial charge in [-0.15, -0.1) is 0 Å². The van der Waals surface area contributed by atoms with E-state index in [2.05, 4.69) is 0 Å². The Morgan fingerprint density at radius 3 is 2.68 bits per heavy atom. The molecular formula is C26H21ClN2O5. The maximum Gasteiger partial charge on any atom is 0.296 e. The summed E-state index contributed by atoms with van der Waals surface area (Å²) in [4.78, 5) is 28.0. The molecular weight excluding hydrogens is 456 g/mol. The topological polar surface area (TPSA) is 84.9 Å². The number of aliphatic hydroxyl groups excluding tert-OH is 1. The number of rotatable bonds is 5. The van der Waals surface area contributed by atoms with Gasteiger partial charge in [0, 0.05) is 34.7 Å². The van der Waals surface area contributed by atoms with Crippen LogP contribution in [-0.4, -0.2) is 33.4 Å². The molecule has 1 amide bonds.